The van der Waals surface area contributed by atoms with Gasteiger partial charge in [-0.15, -0.1) is 0 Å². The second-order valence-electron chi connectivity index (χ2n) is 5.23. The molecule has 0 aliphatic rings. The monoisotopic (exact) mass is 473 g/mol. The molecule has 2 N–H and O–H groups in total. The van der Waals surface area contributed by atoms with E-state index in [1.807, 2.05) is 0 Å². The molecule has 2 aromatic carbocycles. The van der Waals surface area contributed by atoms with Crippen LogP contribution in [-0.4, -0.2) is 38.6 Å². The molecule has 2 amide bonds. The van der Waals surface area contributed by atoms with Gasteiger partial charge in [0.1, 0.15) is 0 Å². The summed E-state index contributed by atoms with van der Waals surface area (Å²) in [6.07, 6.45) is 0. The minimum Gasteiger partial charge on any atom is -0.267 e. The lowest BCUT2D eigenvalue weighted by molar-refractivity contribution is 0.0846. The smallest absolute Gasteiger partial charge is 0.267 e. The zero-order chi connectivity index (χ0) is 18.6. The number of hydrogen-bond donors (Lipinski definition) is 2. The number of amides is 2. The molecule has 25 heavy (non-hydrogen) atoms. The molecule has 0 heterocycles. The molecule has 7 nitrogen and oxygen atoms in total. The normalized spacial score (nSPS) is 11.2. The van der Waals surface area contributed by atoms with Crippen LogP contribution in [0.5, 0.6) is 0 Å². The minimum atomic E-state index is -3.65. The van der Waals surface area contributed by atoms with Crippen molar-refractivity contribution >= 4 is 44.4 Å². The number of carbonyl (C=O) groups is 2. The number of benzene rings is 2. The van der Waals surface area contributed by atoms with Gasteiger partial charge in [-0.05, 0) is 65.1 Å². The maximum absolute atomic E-state index is 12.1. The summed E-state index contributed by atoms with van der Waals surface area (Å²) in [6, 6.07) is 12.4. The van der Waals surface area contributed by atoms with Gasteiger partial charge >= 0.3 is 0 Å². The van der Waals surface area contributed by atoms with Crippen LogP contribution in [-0.2, 0) is 10.0 Å². The number of carbonyl (C=O) groups excluding carboxylic acids is 2. The first-order valence-corrected chi connectivity index (χ1v) is 9.62. The van der Waals surface area contributed by atoms with Crippen molar-refractivity contribution in [2.45, 2.75) is 4.90 Å². The highest BCUT2D eigenvalue weighted by atomic mass is 127. The van der Waals surface area contributed by atoms with E-state index in [2.05, 4.69) is 33.4 Å². The molecule has 9 heteroatoms. The summed E-state index contributed by atoms with van der Waals surface area (Å²) in [7, 11) is -0.834. The zero-order valence-corrected chi connectivity index (χ0v) is 16.5. The van der Waals surface area contributed by atoms with Crippen LogP contribution in [0, 0.1) is 3.57 Å². The first kappa shape index (κ1) is 19.3. The number of nitrogens with one attached hydrogen (secondary N) is 2. The summed E-state index contributed by atoms with van der Waals surface area (Å²) in [6.45, 7) is 0. The van der Waals surface area contributed by atoms with Gasteiger partial charge in [0.25, 0.3) is 11.8 Å². The van der Waals surface area contributed by atoms with E-state index in [0.29, 0.717) is 5.56 Å². The molecule has 0 unspecified atom stereocenters. The Morgan fingerprint density at radius 3 is 2.04 bits per heavy atom. The van der Waals surface area contributed by atoms with Gasteiger partial charge in [0, 0.05) is 28.8 Å². The van der Waals surface area contributed by atoms with Gasteiger partial charge in [-0.3, -0.25) is 20.4 Å². The standard InChI is InChI=1S/C16H16IN3O4S/c1-20(2)25(23,24)14-5-3-4-12(10-14)16(22)19-18-15(21)11-6-8-13(17)9-7-11/h3-10H,1-2H3,(H,18,21)(H,19,22). The van der Waals surface area contributed by atoms with Crippen LogP contribution in [0.15, 0.2) is 53.4 Å². The number of sulfonamides is 1. The molecular weight excluding hydrogens is 457 g/mol. The van der Waals surface area contributed by atoms with Crippen LogP contribution in [0.3, 0.4) is 0 Å². The van der Waals surface area contributed by atoms with Crippen LogP contribution in [0.1, 0.15) is 20.7 Å². The molecular formula is C16H16IN3O4S. The average molecular weight is 473 g/mol. The molecule has 0 atom stereocenters. The summed E-state index contributed by atoms with van der Waals surface area (Å²) in [5.74, 6) is -1.09. The zero-order valence-electron chi connectivity index (χ0n) is 13.5. The molecule has 0 radical (unpaired) electrons. The van der Waals surface area contributed by atoms with E-state index in [1.54, 1.807) is 24.3 Å². The van der Waals surface area contributed by atoms with Gasteiger partial charge in [-0.25, -0.2) is 12.7 Å². The molecule has 0 saturated heterocycles. The summed E-state index contributed by atoms with van der Waals surface area (Å²) in [4.78, 5) is 24.1. The fraction of sp³-hybridized carbons (Fsp3) is 0.125. The predicted molar refractivity (Wildman–Crippen MR) is 101 cm³/mol. The van der Waals surface area contributed by atoms with Crippen molar-refractivity contribution in [1.29, 1.82) is 0 Å². The lowest BCUT2D eigenvalue weighted by Gasteiger charge is -2.12. The summed E-state index contributed by atoms with van der Waals surface area (Å²) in [5.41, 5.74) is 5.08. The Morgan fingerprint density at radius 2 is 1.48 bits per heavy atom. The number of halogens is 1. The van der Waals surface area contributed by atoms with Crippen LogP contribution < -0.4 is 10.9 Å². The predicted octanol–water partition coefficient (Wildman–Crippen LogP) is 1.62. The molecule has 2 rings (SSSR count). The van der Waals surface area contributed by atoms with Crippen molar-refractivity contribution in [1.82, 2.24) is 15.2 Å². The summed E-state index contributed by atoms with van der Waals surface area (Å²) < 4.78 is 26.3. The maximum Gasteiger partial charge on any atom is 0.269 e. The lowest BCUT2D eigenvalue weighted by atomic mass is 10.2. The molecule has 0 aromatic heterocycles. The van der Waals surface area contributed by atoms with Crippen LogP contribution >= 0.6 is 22.6 Å². The van der Waals surface area contributed by atoms with E-state index in [9.17, 15) is 18.0 Å². The third kappa shape index (κ3) is 4.77. The molecule has 2 aromatic rings. The lowest BCUT2D eigenvalue weighted by Crippen LogP contribution is -2.41. The van der Waals surface area contributed by atoms with Gasteiger partial charge < -0.3 is 0 Å². The van der Waals surface area contributed by atoms with E-state index >= 15 is 0 Å². The second-order valence-corrected chi connectivity index (χ2v) is 8.63. The second kappa shape index (κ2) is 7.93. The van der Waals surface area contributed by atoms with Crippen molar-refractivity contribution < 1.29 is 18.0 Å². The summed E-state index contributed by atoms with van der Waals surface area (Å²) >= 11 is 2.12. The number of nitrogens with zero attached hydrogens (tertiary/aromatic N) is 1. The molecule has 0 saturated carbocycles. The first-order chi connectivity index (χ1) is 11.7. The first-order valence-electron chi connectivity index (χ1n) is 7.10. The number of hydrazine groups is 1. The van der Waals surface area contributed by atoms with Crippen molar-refractivity contribution in [2.75, 3.05) is 14.1 Å². The van der Waals surface area contributed by atoms with Gasteiger partial charge in [0.05, 0.1) is 4.90 Å². The Labute approximate surface area is 159 Å². The highest BCUT2D eigenvalue weighted by Crippen LogP contribution is 2.14. The van der Waals surface area contributed by atoms with Gasteiger partial charge in [-0.2, -0.15) is 0 Å². The molecule has 132 valence electrons. The Kier molecular flexibility index (Phi) is 6.14. The topological polar surface area (TPSA) is 95.6 Å². The van der Waals surface area contributed by atoms with Crippen LogP contribution in [0.2, 0.25) is 0 Å². The average Bonchev–Trinajstić information content (AvgIpc) is 2.60. The van der Waals surface area contributed by atoms with Crippen molar-refractivity contribution in [3.8, 4) is 0 Å². The quantitative estimate of drug-likeness (QED) is 0.521. The minimum absolute atomic E-state index is 0.00545. The van der Waals surface area contributed by atoms with Gasteiger partial charge in [-0.1, -0.05) is 6.07 Å². The molecule has 0 aliphatic heterocycles. The number of hydrogen-bond acceptors (Lipinski definition) is 4. The van der Waals surface area contributed by atoms with Crippen molar-refractivity contribution in [3.05, 3.63) is 63.2 Å². The third-order valence-corrected chi connectivity index (χ3v) is 5.80. The van der Waals surface area contributed by atoms with E-state index in [1.165, 1.54) is 38.4 Å². The third-order valence-electron chi connectivity index (χ3n) is 3.27. The van der Waals surface area contributed by atoms with Crippen LogP contribution in [0.4, 0.5) is 0 Å². The van der Waals surface area contributed by atoms with E-state index < -0.39 is 21.8 Å². The van der Waals surface area contributed by atoms with Crippen molar-refractivity contribution in [3.63, 3.8) is 0 Å². The molecule has 0 fully saturated rings. The molecule has 0 spiro atoms. The number of rotatable bonds is 4. The molecule has 0 aliphatic carbocycles. The summed E-state index contributed by atoms with van der Waals surface area (Å²) in [5, 5.41) is 0. The van der Waals surface area contributed by atoms with E-state index in [-0.39, 0.29) is 10.5 Å². The van der Waals surface area contributed by atoms with Gasteiger partial charge in [0.2, 0.25) is 10.0 Å². The highest BCUT2D eigenvalue weighted by molar-refractivity contribution is 14.1. The largest absolute Gasteiger partial charge is 0.269 e. The van der Waals surface area contributed by atoms with E-state index in [0.717, 1.165) is 7.88 Å². The highest BCUT2D eigenvalue weighted by Gasteiger charge is 2.19. The molecule has 0 bridgehead atoms. The Morgan fingerprint density at radius 1 is 0.920 bits per heavy atom. The SMILES string of the molecule is CN(C)S(=O)(=O)c1cccc(C(=O)NNC(=O)c2ccc(I)cc2)c1. The van der Waals surface area contributed by atoms with E-state index in [4.69, 9.17) is 0 Å². The van der Waals surface area contributed by atoms with Gasteiger partial charge in [0.15, 0.2) is 0 Å². The fourth-order valence-electron chi connectivity index (χ4n) is 1.87. The Hall–Kier alpha value is -1.98. The Bertz CT molecular complexity index is 896. The van der Waals surface area contributed by atoms with Crippen LogP contribution in [0.25, 0.3) is 0 Å². The fourth-order valence-corrected chi connectivity index (χ4v) is 3.18. The van der Waals surface area contributed by atoms with Crippen molar-refractivity contribution in [2.24, 2.45) is 0 Å². The maximum atomic E-state index is 12.1. The Balaban J connectivity index is 2.09.